The van der Waals surface area contributed by atoms with E-state index < -0.39 is 10.9 Å². The molecule has 1 aromatic carbocycles. The molecule has 0 fully saturated rings. The number of carbonyl (C=O) groups excluding carboxylic acids is 1. The molecule has 2 rings (SSSR count). The predicted octanol–water partition coefficient (Wildman–Crippen LogP) is 3.74. The van der Waals surface area contributed by atoms with Crippen LogP contribution in [0.15, 0.2) is 16.6 Å². The SMILES string of the molecule is Cc1cc(Br)cc(Cl)c1OC(=O)Cn1nc(C)c([N+](=O)[O-])c1C. The zero-order valence-corrected chi connectivity index (χ0v) is 14.9. The molecule has 0 radical (unpaired) electrons. The molecule has 1 aromatic heterocycles. The highest BCUT2D eigenvalue weighted by atomic mass is 79.9. The Morgan fingerprint density at radius 3 is 2.61 bits per heavy atom. The number of rotatable bonds is 4. The monoisotopic (exact) mass is 401 g/mol. The van der Waals surface area contributed by atoms with Crippen molar-refractivity contribution in [3.8, 4) is 5.75 Å². The number of hydrogen-bond acceptors (Lipinski definition) is 5. The first-order chi connectivity index (χ1) is 10.7. The molecule has 7 nitrogen and oxygen atoms in total. The summed E-state index contributed by atoms with van der Waals surface area (Å²) < 4.78 is 7.30. The molecule has 122 valence electrons. The summed E-state index contributed by atoms with van der Waals surface area (Å²) in [7, 11) is 0. The zero-order valence-electron chi connectivity index (χ0n) is 12.6. The van der Waals surface area contributed by atoms with Crippen molar-refractivity contribution in [3.05, 3.63) is 48.7 Å². The molecule has 1 heterocycles. The molecule has 23 heavy (non-hydrogen) atoms. The number of hydrogen-bond donors (Lipinski definition) is 0. The molecule has 9 heteroatoms. The maximum atomic E-state index is 12.1. The molecule has 0 aliphatic rings. The Morgan fingerprint density at radius 2 is 2.09 bits per heavy atom. The lowest BCUT2D eigenvalue weighted by Gasteiger charge is -2.10. The summed E-state index contributed by atoms with van der Waals surface area (Å²) in [5.41, 5.74) is 1.13. The highest BCUT2D eigenvalue weighted by Crippen LogP contribution is 2.32. The Kier molecular flexibility index (Phi) is 5.06. The van der Waals surface area contributed by atoms with Gasteiger partial charge in [0.25, 0.3) is 0 Å². The summed E-state index contributed by atoms with van der Waals surface area (Å²) in [4.78, 5) is 22.5. The first-order valence-corrected chi connectivity index (χ1v) is 7.72. The summed E-state index contributed by atoms with van der Waals surface area (Å²) >= 11 is 9.36. The maximum absolute atomic E-state index is 12.1. The van der Waals surface area contributed by atoms with Crippen LogP contribution in [0.3, 0.4) is 0 Å². The van der Waals surface area contributed by atoms with Gasteiger partial charge >= 0.3 is 11.7 Å². The number of halogens is 2. The molecule has 0 spiro atoms. The minimum atomic E-state index is -0.613. The van der Waals surface area contributed by atoms with E-state index in [4.69, 9.17) is 16.3 Å². The van der Waals surface area contributed by atoms with Crippen molar-refractivity contribution in [2.24, 2.45) is 0 Å². The molecule has 0 N–H and O–H groups in total. The molecule has 0 amide bonds. The third-order valence-corrected chi connectivity index (χ3v) is 3.95. The van der Waals surface area contributed by atoms with Crippen LogP contribution in [0.2, 0.25) is 5.02 Å². The summed E-state index contributed by atoms with van der Waals surface area (Å²) in [5, 5.41) is 15.3. The minimum Gasteiger partial charge on any atom is -0.423 e. The van der Waals surface area contributed by atoms with Crippen LogP contribution >= 0.6 is 27.5 Å². The Labute approximate surface area is 145 Å². The lowest BCUT2D eigenvalue weighted by atomic mass is 10.2. The van der Waals surface area contributed by atoms with Crippen LogP contribution in [-0.2, 0) is 11.3 Å². The Morgan fingerprint density at radius 1 is 1.43 bits per heavy atom. The van der Waals surface area contributed by atoms with Crippen molar-refractivity contribution in [2.75, 3.05) is 0 Å². The van der Waals surface area contributed by atoms with Crippen LogP contribution < -0.4 is 4.74 Å². The van der Waals surface area contributed by atoms with Gasteiger partial charge in [0, 0.05) is 4.47 Å². The summed E-state index contributed by atoms with van der Waals surface area (Å²) in [5.74, 6) is -0.353. The quantitative estimate of drug-likeness (QED) is 0.336. The standard InChI is InChI=1S/C14H13BrClN3O4/c1-7-4-10(15)5-11(16)14(7)23-12(20)6-18-9(3)13(19(21)22)8(2)17-18/h4-5H,6H2,1-3H3. The largest absolute Gasteiger partial charge is 0.423 e. The van der Waals surface area contributed by atoms with Crippen LogP contribution in [-0.4, -0.2) is 20.7 Å². The van der Waals surface area contributed by atoms with E-state index in [-0.39, 0.29) is 23.7 Å². The van der Waals surface area contributed by atoms with E-state index in [0.717, 1.165) is 4.47 Å². The van der Waals surface area contributed by atoms with Crippen molar-refractivity contribution < 1.29 is 14.5 Å². The van der Waals surface area contributed by atoms with Gasteiger partial charge in [-0.3, -0.25) is 14.8 Å². The fourth-order valence-corrected chi connectivity index (χ4v) is 3.20. The van der Waals surface area contributed by atoms with E-state index in [2.05, 4.69) is 21.0 Å². The predicted molar refractivity (Wildman–Crippen MR) is 87.9 cm³/mol. The zero-order chi connectivity index (χ0) is 17.3. The van der Waals surface area contributed by atoms with E-state index in [9.17, 15) is 14.9 Å². The van der Waals surface area contributed by atoms with E-state index >= 15 is 0 Å². The van der Waals surface area contributed by atoms with Gasteiger partial charge in [-0.25, -0.2) is 4.79 Å². The minimum absolute atomic E-state index is 0.101. The van der Waals surface area contributed by atoms with Crippen molar-refractivity contribution >= 4 is 39.2 Å². The lowest BCUT2D eigenvalue weighted by molar-refractivity contribution is -0.386. The van der Waals surface area contributed by atoms with Gasteiger partial charge in [0.15, 0.2) is 5.75 Å². The van der Waals surface area contributed by atoms with Crippen LogP contribution in [0.1, 0.15) is 17.0 Å². The third-order valence-electron chi connectivity index (χ3n) is 3.21. The van der Waals surface area contributed by atoms with Crippen LogP contribution in [0.4, 0.5) is 5.69 Å². The van der Waals surface area contributed by atoms with Crippen LogP contribution in [0.5, 0.6) is 5.75 Å². The molecule has 0 atom stereocenters. The topological polar surface area (TPSA) is 87.3 Å². The fraction of sp³-hybridized carbons (Fsp3) is 0.286. The van der Waals surface area contributed by atoms with Gasteiger partial charge < -0.3 is 4.74 Å². The summed E-state index contributed by atoms with van der Waals surface area (Å²) in [6.45, 7) is 4.56. The second-order valence-electron chi connectivity index (χ2n) is 4.94. The van der Waals surface area contributed by atoms with Gasteiger partial charge in [-0.1, -0.05) is 27.5 Å². The Bertz CT molecular complexity index is 781. The fourth-order valence-electron chi connectivity index (χ4n) is 2.19. The van der Waals surface area contributed by atoms with Gasteiger partial charge in [0.1, 0.15) is 17.9 Å². The second-order valence-corrected chi connectivity index (χ2v) is 6.26. The van der Waals surface area contributed by atoms with Crippen molar-refractivity contribution in [3.63, 3.8) is 0 Å². The molecule has 0 bridgehead atoms. The number of nitro groups is 1. The molecule has 0 aliphatic carbocycles. The van der Waals surface area contributed by atoms with Crippen molar-refractivity contribution in [1.29, 1.82) is 0 Å². The Hall–Kier alpha value is -1.93. The van der Waals surface area contributed by atoms with Crippen LogP contribution in [0, 0.1) is 30.9 Å². The van der Waals surface area contributed by atoms with Gasteiger partial charge in [0.2, 0.25) is 0 Å². The number of esters is 1. The number of ether oxygens (including phenoxy) is 1. The summed E-state index contributed by atoms with van der Waals surface area (Å²) in [6, 6.07) is 3.38. The van der Waals surface area contributed by atoms with Crippen molar-refractivity contribution in [2.45, 2.75) is 27.3 Å². The lowest BCUT2D eigenvalue weighted by Crippen LogP contribution is -2.18. The van der Waals surface area contributed by atoms with Crippen LogP contribution in [0.25, 0.3) is 0 Å². The molecular formula is C14H13BrClN3O4. The molecule has 0 saturated heterocycles. The van der Waals surface area contributed by atoms with E-state index in [1.165, 1.54) is 18.5 Å². The van der Waals surface area contributed by atoms with E-state index in [0.29, 0.717) is 16.3 Å². The highest BCUT2D eigenvalue weighted by Gasteiger charge is 2.23. The number of benzene rings is 1. The molecule has 0 saturated carbocycles. The van der Waals surface area contributed by atoms with Gasteiger partial charge in [0.05, 0.1) is 9.95 Å². The number of nitrogens with zero attached hydrogens (tertiary/aromatic N) is 3. The first-order valence-electron chi connectivity index (χ1n) is 6.55. The average molecular weight is 403 g/mol. The highest BCUT2D eigenvalue weighted by molar-refractivity contribution is 9.10. The smallest absolute Gasteiger partial charge is 0.333 e. The molecule has 2 aromatic rings. The number of aryl methyl sites for hydroxylation is 2. The molecule has 0 unspecified atom stereocenters. The van der Waals surface area contributed by atoms with Gasteiger partial charge in [-0.2, -0.15) is 5.10 Å². The van der Waals surface area contributed by atoms with Gasteiger partial charge in [-0.05, 0) is 38.5 Å². The molecular weight excluding hydrogens is 390 g/mol. The van der Waals surface area contributed by atoms with E-state index in [1.807, 2.05) is 0 Å². The van der Waals surface area contributed by atoms with E-state index in [1.54, 1.807) is 19.1 Å². The Balaban J connectivity index is 2.21. The van der Waals surface area contributed by atoms with Crippen molar-refractivity contribution in [1.82, 2.24) is 9.78 Å². The van der Waals surface area contributed by atoms with Gasteiger partial charge in [-0.15, -0.1) is 0 Å². The average Bonchev–Trinajstić information content (AvgIpc) is 2.68. The third kappa shape index (κ3) is 3.70. The molecule has 0 aliphatic heterocycles. The maximum Gasteiger partial charge on any atom is 0.333 e. The summed E-state index contributed by atoms with van der Waals surface area (Å²) in [6.07, 6.45) is 0. The number of aromatic nitrogens is 2. The number of carbonyl (C=O) groups is 1. The second kappa shape index (κ2) is 6.67. The first kappa shape index (κ1) is 17.4. The normalized spacial score (nSPS) is 10.7.